The number of aromatic nitrogens is 2. The number of methoxy groups -OCH3 is 1. The van der Waals surface area contributed by atoms with Crippen molar-refractivity contribution in [2.75, 3.05) is 12.0 Å². The van der Waals surface area contributed by atoms with Gasteiger partial charge in [0, 0.05) is 23.3 Å². The van der Waals surface area contributed by atoms with Crippen molar-refractivity contribution >= 4 is 57.8 Å². The van der Waals surface area contributed by atoms with Gasteiger partial charge in [0.25, 0.3) is 0 Å². The summed E-state index contributed by atoms with van der Waals surface area (Å²) in [6, 6.07) is 19.0. The van der Waals surface area contributed by atoms with Gasteiger partial charge < -0.3 is 19.5 Å². The summed E-state index contributed by atoms with van der Waals surface area (Å²) in [4.78, 5) is 6.74. The van der Waals surface area contributed by atoms with E-state index in [1.807, 2.05) is 48.5 Å². The van der Waals surface area contributed by atoms with Crippen LogP contribution in [0.15, 0.2) is 66.9 Å². The van der Waals surface area contributed by atoms with E-state index in [2.05, 4.69) is 39.7 Å². The second kappa shape index (κ2) is 9.94. The van der Waals surface area contributed by atoms with E-state index < -0.39 is 0 Å². The van der Waals surface area contributed by atoms with Gasteiger partial charge in [0.2, 0.25) is 0 Å². The number of thiocarbonyl (C=S) groups is 1. The summed E-state index contributed by atoms with van der Waals surface area (Å²) in [6.45, 7) is 4.13. The first kappa shape index (κ1) is 24.9. The van der Waals surface area contributed by atoms with Gasteiger partial charge in [-0.05, 0) is 80.2 Å². The first-order chi connectivity index (χ1) is 17.3. The highest BCUT2D eigenvalue weighted by atomic mass is 35.5. The zero-order valence-electron chi connectivity index (χ0n) is 19.8. The molecule has 3 heterocycles. The summed E-state index contributed by atoms with van der Waals surface area (Å²) >= 11 is 25.4. The molecule has 4 aromatic rings. The van der Waals surface area contributed by atoms with E-state index in [0.29, 0.717) is 25.9 Å². The summed E-state index contributed by atoms with van der Waals surface area (Å²) in [5.74, 6) is 0.602. The second-order valence-corrected chi connectivity index (χ2v) is 10.1. The normalized spacial score (nSPS) is 17.4. The maximum atomic E-state index is 6.63. The lowest BCUT2D eigenvalue weighted by molar-refractivity contribution is 0.415. The van der Waals surface area contributed by atoms with Gasteiger partial charge in [-0.25, -0.2) is 0 Å². The van der Waals surface area contributed by atoms with Crippen molar-refractivity contribution < 1.29 is 4.74 Å². The lowest BCUT2D eigenvalue weighted by Gasteiger charge is -2.28. The van der Waals surface area contributed by atoms with Gasteiger partial charge in [0.15, 0.2) is 5.11 Å². The predicted octanol–water partition coefficient (Wildman–Crippen LogP) is 7.64. The van der Waals surface area contributed by atoms with Gasteiger partial charge in [0.1, 0.15) is 5.75 Å². The van der Waals surface area contributed by atoms with E-state index in [4.69, 9.17) is 51.8 Å². The molecule has 1 aliphatic heterocycles. The molecule has 1 saturated heterocycles. The van der Waals surface area contributed by atoms with Crippen LogP contribution in [0.2, 0.25) is 15.1 Å². The lowest BCUT2D eigenvalue weighted by Crippen LogP contribution is -2.29. The Morgan fingerprint density at radius 1 is 0.972 bits per heavy atom. The highest BCUT2D eigenvalue weighted by molar-refractivity contribution is 7.80. The van der Waals surface area contributed by atoms with Crippen LogP contribution < -0.4 is 15.0 Å². The van der Waals surface area contributed by atoms with Crippen LogP contribution in [-0.4, -0.2) is 21.8 Å². The number of aryl methyl sites for hydroxylation is 1. The third-order valence-electron chi connectivity index (χ3n) is 6.47. The summed E-state index contributed by atoms with van der Waals surface area (Å²) in [5, 5.41) is 5.60. The van der Waals surface area contributed by atoms with E-state index in [0.717, 1.165) is 34.0 Å². The lowest BCUT2D eigenvalue weighted by atomic mass is 9.96. The molecule has 0 radical (unpaired) electrons. The Labute approximate surface area is 230 Å². The average molecular weight is 558 g/mol. The first-order valence-electron chi connectivity index (χ1n) is 11.3. The molecule has 9 heteroatoms. The largest absolute Gasteiger partial charge is 0.495 e. The minimum Gasteiger partial charge on any atom is -0.495 e. The van der Waals surface area contributed by atoms with Crippen molar-refractivity contribution in [2.24, 2.45) is 0 Å². The number of benzene rings is 2. The fraction of sp³-hybridized carbons (Fsp3) is 0.185. The van der Waals surface area contributed by atoms with Crippen LogP contribution in [0.5, 0.6) is 5.75 Å². The minimum absolute atomic E-state index is 0.191. The van der Waals surface area contributed by atoms with Gasteiger partial charge in [-0.1, -0.05) is 46.9 Å². The number of hydrogen-bond acceptors (Lipinski definition) is 3. The molecule has 5 nitrogen and oxygen atoms in total. The highest BCUT2D eigenvalue weighted by Gasteiger charge is 2.42. The molecule has 0 spiro atoms. The van der Waals surface area contributed by atoms with Gasteiger partial charge in [-0.3, -0.25) is 4.98 Å². The van der Waals surface area contributed by atoms with Crippen LogP contribution >= 0.6 is 47.0 Å². The molecule has 0 bridgehead atoms. The van der Waals surface area contributed by atoms with Gasteiger partial charge in [-0.2, -0.15) is 0 Å². The molecular weight excluding hydrogens is 535 g/mol. The Bertz CT molecular complexity index is 1460. The van der Waals surface area contributed by atoms with E-state index in [1.54, 1.807) is 19.4 Å². The number of pyridine rings is 1. The van der Waals surface area contributed by atoms with E-state index in [9.17, 15) is 0 Å². The van der Waals surface area contributed by atoms with Crippen LogP contribution in [0.25, 0.3) is 5.69 Å². The maximum Gasteiger partial charge on any atom is 0.174 e. The van der Waals surface area contributed by atoms with E-state index >= 15 is 0 Å². The van der Waals surface area contributed by atoms with Crippen molar-refractivity contribution in [3.63, 3.8) is 0 Å². The minimum atomic E-state index is -0.199. The molecule has 2 aromatic carbocycles. The van der Waals surface area contributed by atoms with E-state index in [-0.39, 0.29) is 12.1 Å². The first-order valence-corrected chi connectivity index (χ1v) is 12.8. The van der Waals surface area contributed by atoms with Crippen molar-refractivity contribution in [1.29, 1.82) is 0 Å². The standard InChI is InChI=1S/C27H23Cl3N4OS/c1-15-13-18(16(2)33(15)22-9-6-7-19(28)24(22)30)26-25(21-8-4-5-12-31-21)32-27(36)34(26)17-10-11-23(35-3)20(29)14-17/h4-14,25-26H,1-3H3,(H,32,36)/t25-,26-/m1/s1. The molecule has 0 amide bonds. The third kappa shape index (κ3) is 4.22. The molecule has 1 N–H and O–H groups in total. The number of nitrogens with zero attached hydrogens (tertiary/aromatic N) is 3. The van der Waals surface area contributed by atoms with Crippen LogP contribution in [-0.2, 0) is 0 Å². The average Bonchev–Trinajstić information content (AvgIpc) is 3.36. The Morgan fingerprint density at radius 2 is 1.78 bits per heavy atom. The quantitative estimate of drug-likeness (QED) is 0.256. The van der Waals surface area contributed by atoms with Crippen molar-refractivity contribution in [1.82, 2.24) is 14.9 Å². The number of anilines is 1. The maximum absolute atomic E-state index is 6.63. The number of hydrogen-bond donors (Lipinski definition) is 1. The molecule has 184 valence electrons. The number of halogens is 3. The Kier molecular flexibility index (Phi) is 6.88. The molecule has 0 unspecified atom stereocenters. The molecule has 5 rings (SSSR count). The topological polar surface area (TPSA) is 42.3 Å². The van der Waals surface area contributed by atoms with Crippen LogP contribution in [0, 0.1) is 13.8 Å². The predicted molar refractivity (Wildman–Crippen MR) is 151 cm³/mol. The number of ether oxygens (including phenoxy) is 1. The SMILES string of the molecule is COc1ccc(N2C(=S)N[C@H](c3ccccn3)[C@H]2c2cc(C)n(-c3cccc(Cl)c3Cl)c2C)cc1Cl. The van der Waals surface area contributed by atoms with Crippen LogP contribution in [0.4, 0.5) is 5.69 Å². The van der Waals surface area contributed by atoms with E-state index in [1.165, 1.54) is 0 Å². The van der Waals surface area contributed by atoms with Crippen molar-refractivity contribution in [2.45, 2.75) is 25.9 Å². The Morgan fingerprint density at radius 3 is 2.47 bits per heavy atom. The molecule has 0 saturated carbocycles. The number of rotatable bonds is 5. The third-order valence-corrected chi connectivity index (χ3v) is 7.89. The summed E-state index contributed by atoms with van der Waals surface area (Å²) < 4.78 is 7.49. The monoisotopic (exact) mass is 556 g/mol. The number of nitrogens with one attached hydrogen (secondary N) is 1. The van der Waals surface area contributed by atoms with Crippen molar-refractivity contribution in [3.05, 3.63) is 105 Å². The summed E-state index contributed by atoms with van der Waals surface area (Å²) in [6.07, 6.45) is 1.79. The molecular formula is C27H23Cl3N4OS. The Balaban J connectivity index is 1.70. The van der Waals surface area contributed by atoms with Gasteiger partial charge >= 0.3 is 0 Å². The fourth-order valence-electron chi connectivity index (χ4n) is 4.88. The zero-order chi connectivity index (χ0) is 25.6. The van der Waals surface area contributed by atoms with Crippen LogP contribution in [0.1, 0.15) is 34.7 Å². The zero-order valence-corrected chi connectivity index (χ0v) is 22.9. The second-order valence-electron chi connectivity index (χ2n) is 8.55. The highest BCUT2D eigenvalue weighted by Crippen LogP contribution is 2.45. The van der Waals surface area contributed by atoms with Crippen molar-refractivity contribution in [3.8, 4) is 11.4 Å². The molecule has 0 aliphatic carbocycles. The molecule has 1 fully saturated rings. The Hall–Kier alpha value is -2.77. The van der Waals surface area contributed by atoms with Gasteiger partial charge in [0.05, 0.1) is 45.6 Å². The van der Waals surface area contributed by atoms with Gasteiger partial charge in [-0.15, -0.1) is 0 Å². The summed E-state index contributed by atoms with van der Waals surface area (Å²) in [7, 11) is 1.60. The molecule has 1 aliphatic rings. The molecule has 2 aromatic heterocycles. The van der Waals surface area contributed by atoms with Crippen LogP contribution in [0.3, 0.4) is 0 Å². The molecule has 36 heavy (non-hydrogen) atoms. The smallest absolute Gasteiger partial charge is 0.174 e. The fourth-order valence-corrected chi connectivity index (χ4v) is 5.85. The summed E-state index contributed by atoms with van der Waals surface area (Å²) in [5.41, 5.74) is 5.70. The molecule has 2 atom stereocenters.